The maximum absolute atomic E-state index is 13.0. The smallest absolute Gasteiger partial charge is 0.322 e. The standard InChI is InChI=1S/C19H24N2O4S/c22-18(21-5-6-26(24,25)16-4-2-1-3-15(16)21)20-17-13-7-12-8-14(17)11-19(23,9-12)10-13/h1-4,12-14,17,23H,5-11H2,(H,20,22). The van der Waals surface area contributed by atoms with Crippen molar-refractivity contribution in [1.29, 1.82) is 0 Å². The van der Waals surface area contributed by atoms with Crippen LogP contribution in [0.15, 0.2) is 29.2 Å². The van der Waals surface area contributed by atoms with Crippen molar-refractivity contribution in [2.75, 3.05) is 17.2 Å². The number of para-hydroxylation sites is 1. The first-order valence-electron chi connectivity index (χ1n) is 9.47. The number of carbonyl (C=O) groups is 1. The van der Waals surface area contributed by atoms with Gasteiger partial charge in [-0.15, -0.1) is 0 Å². The minimum absolute atomic E-state index is 0.0449. The summed E-state index contributed by atoms with van der Waals surface area (Å²) in [7, 11) is -3.32. The molecule has 0 spiro atoms. The van der Waals surface area contributed by atoms with Crippen LogP contribution >= 0.6 is 0 Å². The van der Waals surface area contributed by atoms with Gasteiger partial charge in [-0.3, -0.25) is 4.90 Å². The predicted octanol–water partition coefficient (Wildman–Crippen LogP) is 1.93. The van der Waals surface area contributed by atoms with E-state index in [0.717, 1.165) is 32.1 Å². The molecule has 26 heavy (non-hydrogen) atoms. The first-order chi connectivity index (χ1) is 12.3. The number of aliphatic hydroxyl groups is 1. The zero-order valence-corrected chi connectivity index (χ0v) is 15.4. The Bertz CT molecular complexity index is 852. The summed E-state index contributed by atoms with van der Waals surface area (Å²) in [5.41, 5.74) is -0.0533. The number of sulfone groups is 1. The summed E-state index contributed by atoms with van der Waals surface area (Å²) in [5.74, 6) is 1.21. The quantitative estimate of drug-likeness (QED) is 0.784. The lowest BCUT2D eigenvalue weighted by Gasteiger charge is -2.58. The highest BCUT2D eigenvalue weighted by molar-refractivity contribution is 7.91. The van der Waals surface area contributed by atoms with Gasteiger partial charge in [-0.25, -0.2) is 13.2 Å². The van der Waals surface area contributed by atoms with E-state index in [1.165, 1.54) is 0 Å². The molecule has 0 radical (unpaired) electrons. The maximum Gasteiger partial charge on any atom is 0.322 e. The van der Waals surface area contributed by atoms with E-state index in [4.69, 9.17) is 0 Å². The second-order valence-corrected chi connectivity index (χ2v) is 10.7. The third-order valence-electron chi connectivity index (χ3n) is 6.85. The zero-order valence-electron chi connectivity index (χ0n) is 14.6. The summed E-state index contributed by atoms with van der Waals surface area (Å²) in [6.45, 7) is 0.180. The largest absolute Gasteiger partial charge is 0.390 e. The van der Waals surface area contributed by atoms with Gasteiger partial charge in [0.25, 0.3) is 0 Å². The fraction of sp³-hybridized carbons (Fsp3) is 0.632. The monoisotopic (exact) mass is 376 g/mol. The van der Waals surface area contributed by atoms with Crippen molar-refractivity contribution in [1.82, 2.24) is 5.32 Å². The van der Waals surface area contributed by atoms with Gasteiger partial charge in [-0.2, -0.15) is 0 Å². The number of anilines is 1. The van der Waals surface area contributed by atoms with E-state index < -0.39 is 15.4 Å². The number of rotatable bonds is 1. The van der Waals surface area contributed by atoms with Crippen LogP contribution in [0.1, 0.15) is 32.1 Å². The van der Waals surface area contributed by atoms with Crippen LogP contribution in [0.2, 0.25) is 0 Å². The average molecular weight is 376 g/mol. The van der Waals surface area contributed by atoms with E-state index in [0.29, 0.717) is 23.4 Å². The summed E-state index contributed by atoms with van der Waals surface area (Å²) in [6.07, 6.45) is 4.62. The Balaban J connectivity index is 1.39. The Kier molecular flexibility index (Phi) is 3.47. The molecule has 140 valence electrons. The van der Waals surface area contributed by atoms with Crippen LogP contribution in [0, 0.1) is 17.8 Å². The van der Waals surface area contributed by atoms with Gasteiger partial charge in [-0.05, 0) is 62.0 Å². The molecule has 2 unspecified atom stereocenters. The molecule has 6 nitrogen and oxygen atoms in total. The Morgan fingerprint density at radius 1 is 1.15 bits per heavy atom. The Morgan fingerprint density at radius 2 is 1.85 bits per heavy atom. The summed E-state index contributed by atoms with van der Waals surface area (Å²) in [4.78, 5) is 14.8. The first-order valence-corrected chi connectivity index (χ1v) is 11.1. The summed E-state index contributed by atoms with van der Waals surface area (Å²) in [5, 5.41) is 13.9. The number of hydrogen-bond donors (Lipinski definition) is 2. The molecule has 1 aromatic rings. The van der Waals surface area contributed by atoms with Gasteiger partial charge in [0.05, 0.1) is 21.9 Å². The van der Waals surface area contributed by atoms with Gasteiger partial charge in [-0.1, -0.05) is 12.1 Å². The highest BCUT2D eigenvalue weighted by Gasteiger charge is 2.55. The van der Waals surface area contributed by atoms with Gasteiger partial charge in [0.15, 0.2) is 9.84 Å². The predicted molar refractivity (Wildman–Crippen MR) is 96.7 cm³/mol. The third-order valence-corrected chi connectivity index (χ3v) is 8.59. The molecule has 6 rings (SSSR count). The molecule has 2 N–H and O–H groups in total. The van der Waals surface area contributed by atoms with Crippen molar-refractivity contribution in [2.45, 2.75) is 48.6 Å². The second-order valence-electron chi connectivity index (χ2n) is 8.61. The minimum atomic E-state index is -3.32. The van der Waals surface area contributed by atoms with E-state index in [1.807, 2.05) is 0 Å². The second kappa shape index (κ2) is 5.45. The molecule has 1 heterocycles. The molecule has 4 bridgehead atoms. The van der Waals surface area contributed by atoms with Crippen LogP contribution < -0.4 is 10.2 Å². The summed E-state index contributed by atoms with van der Waals surface area (Å²) in [6, 6.07) is 6.60. The molecule has 5 aliphatic rings. The van der Waals surface area contributed by atoms with Crippen LogP contribution in [0.4, 0.5) is 10.5 Å². The number of fused-ring (bicyclic) bond motifs is 1. The van der Waals surface area contributed by atoms with Crippen LogP contribution in [-0.4, -0.2) is 43.5 Å². The van der Waals surface area contributed by atoms with Crippen molar-refractivity contribution in [3.63, 3.8) is 0 Å². The summed E-state index contributed by atoms with van der Waals surface area (Å²) < 4.78 is 24.6. The van der Waals surface area contributed by atoms with Crippen LogP contribution in [0.3, 0.4) is 0 Å². The topological polar surface area (TPSA) is 86.7 Å². The SMILES string of the molecule is O=C(NC1C2CC3CC1CC(O)(C3)C2)N1CCS(=O)(=O)c2ccccc21. The van der Waals surface area contributed by atoms with E-state index in [1.54, 1.807) is 29.2 Å². The molecular formula is C19H24N2O4S. The van der Waals surface area contributed by atoms with Crippen molar-refractivity contribution in [3.05, 3.63) is 24.3 Å². The molecule has 0 saturated heterocycles. The van der Waals surface area contributed by atoms with Crippen molar-refractivity contribution in [2.24, 2.45) is 17.8 Å². The number of carbonyl (C=O) groups excluding carboxylic acids is 1. The molecule has 1 aromatic carbocycles. The van der Waals surface area contributed by atoms with Crippen molar-refractivity contribution < 1.29 is 18.3 Å². The Hall–Kier alpha value is -1.60. The molecule has 4 aliphatic carbocycles. The molecule has 2 atom stereocenters. The molecule has 4 fully saturated rings. The first kappa shape index (κ1) is 16.6. The van der Waals surface area contributed by atoms with Crippen LogP contribution in [0.5, 0.6) is 0 Å². The van der Waals surface area contributed by atoms with E-state index in [2.05, 4.69) is 5.32 Å². The summed E-state index contributed by atoms with van der Waals surface area (Å²) >= 11 is 0. The zero-order chi connectivity index (χ0) is 18.1. The molecule has 1 aliphatic heterocycles. The molecule has 4 saturated carbocycles. The van der Waals surface area contributed by atoms with E-state index in [9.17, 15) is 18.3 Å². The number of nitrogens with one attached hydrogen (secondary N) is 1. The lowest BCUT2D eigenvalue weighted by atomic mass is 9.52. The lowest BCUT2D eigenvalue weighted by Crippen LogP contribution is -2.63. The molecule has 7 heteroatoms. The minimum Gasteiger partial charge on any atom is -0.390 e. The fourth-order valence-corrected chi connectivity index (χ4v) is 7.46. The van der Waals surface area contributed by atoms with E-state index >= 15 is 0 Å². The van der Waals surface area contributed by atoms with E-state index in [-0.39, 0.29) is 29.3 Å². The van der Waals surface area contributed by atoms with Gasteiger partial charge in [0.2, 0.25) is 0 Å². The average Bonchev–Trinajstić information content (AvgIpc) is 2.57. The Labute approximate surface area is 153 Å². The van der Waals surface area contributed by atoms with Gasteiger partial charge in [0, 0.05) is 12.6 Å². The number of amides is 2. The maximum atomic E-state index is 13.0. The van der Waals surface area contributed by atoms with Crippen molar-refractivity contribution >= 4 is 21.6 Å². The highest BCUT2D eigenvalue weighted by Crippen LogP contribution is 2.55. The van der Waals surface area contributed by atoms with Crippen LogP contribution in [-0.2, 0) is 9.84 Å². The van der Waals surface area contributed by atoms with Gasteiger partial charge < -0.3 is 10.4 Å². The van der Waals surface area contributed by atoms with Crippen molar-refractivity contribution in [3.8, 4) is 0 Å². The molecule has 0 aromatic heterocycles. The third kappa shape index (κ3) is 2.47. The number of benzene rings is 1. The van der Waals surface area contributed by atoms with Crippen LogP contribution in [0.25, 0.3) is 0 Å². The number of nitrogens with zero attached hydrogens (tertiary/aromatic N) is 1. The highest BCUT2D eigenvalue weighted by atomic mass is 32.2. The number of urea groups is 1. The van der Waals surface area contributed by atoms with Gasteiger partial charge >= 0.3 is 6.03 Å². The Morgan fingerprint density at radius 3 is 2.54 bits per heavy atom. The lowest BCUT2D eigenvalue weighted by molar-refractivity contribution is -0.136. The normalized spacial score (nSPS) is 39.5. The molecular weight excluding hydrogens is 352 g/mol. The molecule has 2 amide bonds. The number of hydrogen-bond acceptors (Lipinski definition) is 4. The van der Waals surface area contributed by atoms with Gasteiger partial charge in [0.1, 0.15) is 0 Å². The fourth-order valence-electron chi connectivity index (χ4n) is 6.03.